The lowest BCUT2D eigenvalue weighted by Gasteiger charge is -2.04. The standard InChI is InChI=1S/C14H17N3O3/c1-11-13(15-16-17(11)8-9-19-2)14(18)20-10-12-6-4-3-5-7-12/h3-7H,8-10H2,1-2H3. The summed E-state index contributed by atoms with van der Waals surface area (Å²) in [6.45, 7) is 3.09. The van der Waals surface area contributed by atoms with Gasteiger partial charge in [0.05, 0.1) is 18.8 Å². The first-order valence-electron chi connectivity index (χ1n) is 6.32. The van der Waals surface area contributed by atoms with E-state index in [1.165, 1.54) is 0 Å². The quantitative estimate of drug-likeness (QED) is 0.749. The lowest BCUT2D eigenvalue weighted by molar-refractivity contribution is 0.0464. The summed E-state index contributed by atoms with van der Waals surface area (Å²) in [4.78, 5) is 12.0. The molecule has 1 aromatic carbocycles. The molecule has 0 aliphatic rings. The molecule has 6 nitrogen and oxygen atoms in total. The summed E-state index contributed by atoms with van der Waals surface area (Å²) in [7, 11) is 1.61. The van der Waals surface area contributed by atoms with E-state index in [0.29, 0.717) is 18.8 Å². The number of carbonyl (C=O) groups is 1. The summed E-state index contributed by atoms with van der Waals surface area (Å²) in [6, 6.07) is 9.51. The van der Waals surface area contributed by atoms with Gasteiger partial charge in [-0.25, -0.2) is 9.48 Å². The Kier molecular flexibility index (Phi) is 4.84. The van der Waals surface area contributed by atoms with Crippen molar-refractivity contribution in [3.63, 3.8) is 0 Å². The summed E-state index contributed by atoms with van der Waals surface area (Å²) in [5, 5.41) is 7.78. The Balaban J connectivity index is 1.97. The highest BCUT2D eigenvalue weighted by Gasteiger charge is 2.17. The van der Waals surface area contributed by atoms with Gasteiger partial charge in [0.25, 0.3) is 0 Å². The molecule has 6 heteroatoms. The lowest BCUT2D eigenvalue weighted by atomic mass is 10.2. The molecule has 20 heavy (non-hydrogen) atoms. The molecule has 0 aliphatic carbocycles. The first-order valence-corrected chi connectivity index (χ1v) is 6.32. The van der Waals surface area contributed by atoms with Gasteiger partial charge in [-0.05, 0) is 12.5 Å². The first kappa shape index (κ1) is 14.2. The van der Waals surface area contributed by atoms with Gasteiger partial charge in [-0.15, -0.1) is 5.10 Å². The Hall–Kier alpha value is -2.21. The molecule has 106 valence electrons. The van der Waals surface area contributed by atoms with Crippen LogP contribution in [-0.4, -0.2) is 34.7 Å². The minimum atomic E-state index is -0.463. The molecule has 0 spiro atoms. The lowest BCUT2D eigenvalue weighted by Crippen LogP contribution is -2.10. The SMILES string of the molecule is COCCn1nnc(C(=O)OCc2ccccc2)c1C. The van der Waals surface area contributed by atoms with Crippen LogP contribution in [0.25, 0.3) is 0 Å². The predicted octanol–water partition coefficient (Wildman–Crippen LogP) is 1.59. The van der Waals surface area contributed by atoms with Gasteiger partial charge in [0.2, 0.25) is 0 Å². The molecular formula is C14H17N3O3. The molecule has 0 fully saturated rings. The van der Waals surface area contributed by atoms with Crippen LogP contribution in [-0.2, 0) is 22.6 Å². The molecule has 0 atom stereocenters. The van der Waals surface area contributed by atoms with E-state index in [4.69, 9.17) is 9.47 Å². The molecule has 0 amide bonds. The molecule has 0 bridgehead atoms. The van der Waals surface area contributed by atoms with Gasteiger partial charge in [0.15, 0.2) is 5.69 Å². The van der Waals surface area contributed by atoms with Crippen LogP contribution in [0.5, 0.6) is 0 Å². The summed E-state index contributed by atoms with van der Waals surface area (Å²) < 4.78 is 11.8. The molecule has 2 aromatic rings. The smallest absolute Gasteiger partial charge is 0.361 e. The van der Waals surface area contributed by atoms with E-state index in [-0.39, 0.29) is 12.3 Å². The van der Waals surface area contributed by atoms with Gasteiger partial charge in [0, 0.05) is 7.11 Å². The summed E-state index contributed by atoms with van der Waals surface area (Å²) in [6.07, 6.45) is 0. The molecule has 0 saturated carbocycles. The molecule has 2 rings (SSSR count). The largest absolute Gasteiger partial charge is 0.456 e. The zero-order valence-corrected chi connectivity index (χ0v) is 11.6. The van der Waals surface area contributed by atoms with E-state index in [0.717, 1.165) is 5.56 Å². The van der Waals surface area contributed by atoms with Crippen molar-refractivity contribution in [1.29, 1.82) is 0 Å². The van der Waals surface area contributed by atoms with E-state index < -0.39 is 5.97 Å². The second-order valence-corrected chi connectivity index (χ2v) is 4.30. The third kappa shape index (κ3) is 3.42. The highest BCUT2D eigenvalue weighted by molar-refractivity contribution is 5.88. The molecule has 1 aromatic heterocycles. The highest BCUT2D eigenvalue weighted by Crippen LogP contribution is 2.08. The molecule has 0 radical (unpaired) electrons. The normalized spacial score (nSPS) is 10.5. The van der Waals surface area contributed by atoms with Crippen LogP contribution in [0.4, 0.5) is 0 Å². The number of hydrogen-bond donors (Lipinski definition) is 0. The highest BCUT2D eigenvalue weighted by atomic mass is 16.5. The second kappa shape index (κ2) is 6.81. The van der Waals surface area contributed by atoms with Crippen molar-refractivity contribution in [3.8, 4) is 0 Å². The number of aromatic nitrogens is 3. The Bertz CT molecular complexity index is 566. The average Bonchev–Trinajstić information content (AvgIpc) is 2.85. The minimum Gasteiger partial charge on any atom is -0.456 e. The first-order chi connectivity index (χ1) is 9.72. The molecule has 1 heterocycles. The van der Waals surface area contributed by atoms with Gasteiger partial charge in [0.1, 0.15) is 6.61 Å². The van der Waals surface area contributed by atoms with Crippen LogP contribution >= 0.6 is 0 Å². The predicted molar refractivity (Wildman–Crippen MR) is 72.2 cm³/mol. The number of nitrogens with zero attached hydrogens (tertiary/aromatic N) is 3. The number of methoxy groups -OCH3 is 1. The number of hydrogen-bond acceptors (Lipinski definition) is 5. The van der Waals surface area contributed by atoms with E-state index >= 15 is 0 Å². The van der Waals surface area contributed by atoms with Crippen molar-refractivity contribution in [2.75, 3.05) is 13.7 Å². The summed E-state index contributed by atoms with van der Waals surface area (Å²) in [5.41, 5.74) is 1.86. The van der Waals surface area contributed by atoms with Crippen molar-refractivity contribution in [1.82, 2.24) is 15.0 Å². The Labute approximate surface area is 117 Å². The van der Waals surface area contributed by atoms with Gasteiger partial charge < -0.3 is 9.47 Å². The maximum atomic E-state index is 12.0. The zero-order chi connectivity index (χ0) is 14.4. The van der Waals surface area contributed by atoms with Gasteiger partial charge >= 0.3 is 5.97 Å². The molecule has 0 saturated heterocycles. The van der Waals surface area contributed by atoms with E-state index in [2.05, 4.69) is 10.3 Å². The number of esters is 1. The van der Waals surface area contributed by atoms with Crippen LogP contribution in [0, 0.1) is 6.92 Å². The van der Waals surface area contributed by atoms with Gasteiger partial charge in [-0.2, -0.15) is 0 Å². The second-order valence-electron chi connectivity index (χ2n) is 4.30. The van der Waals surface area contributed by atoms with Crippen LogP contribution in [0.1, 0.15) is 21.7 Å². The molecule has 0 aliphatic heterocycles. The number of ether oxygens (including phenoxy) is 2. The van der Waals surface area contributed by atoms with Crippen LogP contribution in [0.2, 0.25) is 0 Å². The van der Waals surface area contributed by atoms with Crippen LogP contribution in [0.3, 0.4) is 0 Å². The fourth-order valence-electron chi connectivity index (χ4n) is 1.73. The van der Waals surface area contributed by atoms with Crippen molar-refractivity contribution in [3.05, 3.63) is 47.3 Å². The van der Waals surface area contributed by atoms with Gasteiger partial charge in [-0.3, -0.25) is 0 Å². The molecule has 0 N–H and O–H groups in total. The van der Waals surface area contributed by atoms with Crippen molar-refractivity contribution in [2.45, 2.75) is 20.1 Å². The van der Waals surface area contributed by atoms with Gasteiger partial charge in [-0.1, -0.05) is 35.5 Å². The maximum absolute atomic E-state index is 12.0. The van der Waals surface area contributed by atoms with Crippen molar-refractivity contribution in [2.24, 2.45) is 0 Å². The minimum absolute atomic E-state index is 0.226. The monoisotopic (exact) mass is 275 g/mol. The average molecular weight is 275 g/mol. The van der Waals surface area contributed by atoms with Crippen molar-refractivity contribution >= 4 is 5.97 Å². The Morgan fingerprint density at radius 3 is 2.75 bits per heavy atom. The van der Waals surface area contributed by atoms with E-state index in [1.54, 1.807) is 18.7 Å². The van der Waals surface area contributed by atoms with E-state index in [9.17, 15) is 4.79 Å². The molecule has 0 unspecified atom stereocenters. The number of carbonyl (C=O) groups excluding carboxylic acids is 1. The van der Waals surface area contributed by atoms with Crippen molar-refractivity contribution < 1.29 is 14.3 Å². The summed E-state index contributed by atoms with van der Waals surface area (Å²) >= 11 is 0. The van der Waals surface area contributed by atoms with E-state index in [1.807, 2.05) is 30.3 Å². The third-order valence-electron chi connectivity index (χ3n) is 2.90. The fraction of sp³-hybridized carbons (Fsp3) is 0.357. The Morgan fingerprint density at radius 2 is 2.05 bits per heavy atom. The topological polar surface area (TPSA) is 66.2 Å². The Morgan fingerprint density at radius 1 is 1.30 bits per heavy atom. The third-order valence-corrected chi connectivity index (χ3v) is 2.90. The molecular weight excluding hydrogens is 258 g/mol. The zero-order valence-electron chi connectivity index (χ0n) is 11.6. The number of benzene rings is 1. The fourth-order valence-corrected chi connectivity index (χ4v) is 1.73. The summed E-state index contributed by atoms with van der Waals surface area (Å²) in [5.74, 6) is -0.463. The number of rotatable bonds is 6. The van der Waals surface area contributed by atoms with Crippen LogP contribution < -0.4 is 0 Å². The maximum Gasteiger partial charge on any atom is 0.361 e. The van der Waals surface area contributed by atoms with Crippen LogP contribution in [0.15, 0.2) is 30.3 Å².